The van der Waals surface area contributed by atoms with Crippen LogP contribution in [0.2, 0.25) is 0 Å². The van der Waals surface area contributed by atoms with Crippen LogP contribution in [0, 0.1) is 11.3 Å². The van der Waals surface area contributed by atoms with E-state index in [1.165, 1.54) is 18.9 Å². The van der Waals surface area contributed by atoms with Crippen LogP contribution >= 0.6 is 12.2 Å². The number of piperazine rings is 1. The number of nitrogens with one attached hydrogen (secondary N) is 1. The molecule has 216 valence electrons. The second-order valence-corrected chi connectivity index (χ2v) is 11.5. The number of rotatable bonds is 7. The molecule has 1 saturated carbocycles. The molecule has 1 N–H and O–H groups in total. The topological polar surface area (TPSA) is 84.7 Å². The molecule has 7 rings (SSSR count). The summed E-state index contributed by atoms with van der Waals surface area (Å²) in [6.07, 6.45) is 1.31. The maximum absolute atomic E-state index is 13.8. The fraction of sp³-hybridized carbons (Fsp3) is 0.517. The molecule has 5 heterocycles. The number of carbonyl (C=O) groups is 1. The lowest BCUT2D eigenvalue weighted by Crippen LogP contribution is -2.61. The highest BCUT2D eigenvalue weighted by atomic mass is 32.1. The van der Waals surface area contributed by atoms with Crippen molar-refractivity contribution in [3.05, 3.63) is 47.3 Å². The number of alkyl halides is 3. The van der Waals surface area contributed by atoms with Gasteiger partial charge in [-0.1, -0.05) is 6.92 Å². The molecule has 2 aromatic rings. The molecule has 0 radical (unpaired) electrons. The minimum atomic E-state index is -4.80. The van der Waals surface area contributed by atoms with Crippen LogP contribution in [-0.2, 0) is 17.4 Å². The zero-order chi connectivity index (χ0) is 28.9. The second-order valence-electron chi connectivity index (χ2n) is 11.2. The van der Waals surface area contributed by atoms with E-state index in [1.807, 2.05) is 25.1 Å². The van der Waals surface area contributed by atoms with Gasteiger partial charge in [-0.05, 0) is 80.6 Å². The van der Waals surface area contributed by atoms with E-state index in [2.05, 4.69) is 15.2 Å². The quantitative estimate of drug-likeness (QED) is 0.480. The van der Waals surface area contributed by atoms with Gasteiger partial charge in [0.2, 0.25) is 0 Å². The molecule has 8 nitrogen and oxygen atoms in total. The third kappa shape index (κ3) is 4.73. The minimum absolute atomic E-state index is 0.0961. The van der Waals surface area contributed by atoms with Crippen molar-refractivity contribution in [2.75, 3.05) is 36.0 Å². The van der Waals surface area contributed by atoms with Gasteiger partial charge in [0.1, 0.15) is 24.0 Å². The summed E-state index contributed by atoms with van der Waals surface area (Å²) in [4.78, 5) is 22.9. The molecule has 1 aliphatic carbocycles. The Morgan fingerprint density at radius 2 is 2.05 bits per heavy atom. The zero-order valence-corrected chi connectivity index (χ0v) is 23.5. The number of pyridine rings is 1. The highest BCUT2D eigenvalue weighted by Gasteiger charge is 2.59. The molecule has 12 heteroatoms. The van der Waals surface area contributed by atoms with Crippen LogP contribution in [0.1, 0.15) is 55.8 Å². The number of amides is 1. The smallest absolute Gasteiger partial charge is 0.419 e. The van der Waals surface area contributed by atoms with Gasteiger partial charge in [0.15, 0.2) is 10.8 Å². The molecule has 0 unspecified atom stereocenters. The number of hydrogen-bond acceptors (Lipinski definition) is 7. The van der Waals surface area contributed by atoms with Crippen LogP contribution in [0.5, 0.6) is 5.75 Å². The van der Waals surface area contributed by atoms with Gasteiger partial charge in [-0.25, -0.2) is 4.98 Å². The van der Waals surface area contributed by atoms with E-state index in [0.29, 0.717) is 43.6 Å². The molecule has 2 bridgehead atoms. The molecule has 5 aliphatic rings. The Morgan fingerprint density at radius 3 is 2.63 bits per heavy atom. The molecule has 1 aromatic heterocycles. The number of benzene rings is 1. The first-order valence-electron chi connectivity index (χ1n) is 14.1. The van der Waals surface area contributed by atoms with Crippen LogP contribution < -0.4 is 19.9 Å². The first-order chi connectivity index (χ1) is 19.7. The van der Waals surface area contributed by atoms with Gasteiger partial charge < -0.3 is 15.0 Å². The number of aromatic nitrogens is 1. The molecule has 5 fully saturated rings. The molecule has 41 heavy (non-hydrogen) atoms. The van der Waals surface area contributed by atoms with Crippen LogP contribution in [0.15, 0.2) is 30.5 Å². The highest BCUT2D eigenvalue weighted by Crippen LogP contribution is 2.48. The van der Waals surface area contributed by atoms with Gasteiger partial charge >= 0.3 is 6.18 Å². The first-order valence-corrected chi connectivity index (χ1v) is 14.5. The summed E-state index contributed by atoms with van der Waals surface area (Å²) in [5, 5.41) is 12.8. The van der Waals surface area contributed by atoms with Crippen molar-refractivity contribution < 1.29 is 22.7 Å². The Bertz CT molecular complexity index is 1410. The summed E-state index contributed by atoms with van der Waals surface area (Å²) in [7, 11) is 0. The summed E-state index contributed by atoms with van der Waals surface area (Å²) in [5.74, 6) is 0.399. The summed E-state index contributed by atoms with van der Waals surface area (Å²) in [5.41, 5.74) is -1.34. The first kappa shape index (κ1) is 27.9. The third-order valence-electron chi connectivity index (χ3n) is 8.92. The summed E-state index contributed by atoms with van der Waals surface area (Å²) < 4.78 is 47.2. The van der Waals surface area contributed by atoms with E-state index in [4.69, 9.17) is 22.2 Å². The van der Waals surface area contributed by atoms with E-state index in [0.717, 1.165) is 54.5 Å². The highest BCUT2D eigenvalue weighted by molar-refractivity contribution is 7.81. The number of nitriles is 1. The van der Waals surface area contributed by atoms with Crippen LogP contribution in [-0.4, -0.2) is 64.8 Å². The Morgan fingerprint density at radius 1 is 1.24 bits per heavy atom. The Kier molecular flexibility index (Phi) is 7.16. The Hall–Kier alpha value is -3.27. The lowest BCUT2D eigenvalue weighted by atomic mass is 9.75. The lowest BCUT2D eigenvalue weighted by molar-refractivity contribution is -0.138. The SMILES string of the molecule is CCc1cc(N2C(=S)N(c3cnc(C#N)c(C(F)(F)F)c3)C(=O)C23CCC3)ccc1OCCN1C[C@@H]2CC[C@H]1CN2. The number of fused-ring (bicyclic) bond motifs is 3. The standard InChI is InChI=1S/C29H31F3N6O2S/c1-2-18-12-20(6-7-25(18)40-11-10-36-17-19-4-5-21(36)15-34-19)38-27(41)37(26(39)28(38)8-3-9-28)22-13-23(29(30,31)32)24(14-33)35-16-22/h6-7,12-13,16,19,21,34H,2-5,8-11,15,17H2,1H3/t19-,21-/m0/s1. The van der Waals surface area contributed by atoms with Gasteiger partial charge in [0.05, 0.1) is 17.4 Å². The predicted molar refractivity (Wildman–Crippen MR) is 151 cm³/mol. The molecule has 2 atom stereocenters. The summed E-state index contributed by atoms with van der Waals surface area (Å²) in [6.45, 7) is 5.53. The van der Waals surface area contributed by atoms with Crippen molar-refractivity contribution in [2.45, 2.75) is 69.2 Å². The molecule has 1 amide bonds. The van der Waals surface area contributed by atoms with Gasteiger partial charge in [0, 0.05) is 37.4 Å². The van der Waals surface area contributed by atoms with E-state index < -0.39 is 23.0 Å². The molecule has 1 spiro atoms. The van der Waals surface area contributed by atoms with Crippen molar-refractivity contribution in [3.63, 3.8) is 0 Å². The number of nitrogens with zero attached hydrogens (tertiary/aromatic N) is 5. The average molecular weight is 585 g/mol. The van der Waals surface area contributed by atoms with Crippen molar-refractivity contribution in [1.82, 2.24) is 15.2 Å². The molecule has 4 saturated heterocycles. The fourth-order valence-corrected chi connectivity index (χ4v) is 7.03. The van der Waals surface area contributed by atoms with E-state index in [-0.39, 0.29) is 16.7 Å². The van der Waals surface area contributed by atoms with Crippen LogP contribution in [0.25, 0.3) is 0 Å². The third-order valence-corrected chi connectivity index (χ3v) is 9.28. The molecule has 4 aliphatic heterocycles. The fourth-order valence-electron chi connectivity index (χ4n) is 6.56. The number of ether oxygens (including phenoxy) is 1. The second kappa shape index (κ2) is 10.5. The Labute approximate surface area is 242 Å². The van der Waals surface area contributed by atoms with Crippen molar-refractivity contribution >= 4 is 34.6 Å². The maximum Gasteiger partial charge on any atom is 0.419 e. The van der Waals surface area contributed by atoms with E-state index in [9.17, 15) is 18.0 Å². The zero-order valence-electron chi connectivity index (χ0n) is 22.7. The minimum Gasteiger partial charge on any atom is -0.492 e. The number of hydrogen-bond donors (Lipinski definition) is 1. The van der Waals surface area contributed by atoms with Crippen LogP contribution in [0.4, 0.5) is 24.5 Å². The molecular formula is C29H31F3N6O2S. The summed E-state index contributed by atoms with van der Waals surface area (Å²) in [6, 6.07) is 9.11. The van der Waals surface area contributed by atoms with E-state index >= 15 is 0 Å². The van der Waals surface area contributed by atoms with E-state index in [1.54, 1.807) is 4.90 Å². The Balaban J connectivity index is 1.25. The number of anilines is 2. The van der Waals surface area contributed by atoms with Gasteiger partial charge in [-0.2, -0.15) is 18.4 Å². The normalized spacial score (nSPS) is 23.7. The summed E-state index contributed by atoms with van der Waals surface area (Å²) >= 11 is 5.75. The number of piperidine rings is 2. The maximum atomic E-state index is 13.8. The lowest BCUT2D eigenvalue weighted by Gasteiger charge is -2.45. The number of aryl methyl sites for hydroxylation is 1. The average Bonchev–Trinajstić information content (AvgIpc) is 3.19. The molecular weight excluding hydrogens is 553 g/mol. The van der Waals surface area contributed by atoms with Crippen molar-refractivity contribution in [2.24, 2.45) is 0 Å². The van der Waals surface area contributed by atoms with Crippen LogP contribution in [0.3, 0.4) is 0 Å². The molecule has 1 aromatic carbocycles. The largest absolute Gasteiger partial charge is 0.492 e. The number of carbonyl (C=O) groups excluding carboxylic acids is 1. The van der Waals surface area contributed by atoms with Gasteiger partial charge in [-0.3, -0.25) is 14.6 Å². The predicted octanol–water partition coefficient (Wildman–Crippen LogP) is 4.41. The van der Waals surface area contributed by atoms with Gasteiger partial charge in [-0.15, -0.1) is 0 Å². The monoisotopic (exact) mass is 584 g/mol. The number of halogens is 3. The van der Waals surface area contributed by atoms with Gasteiger partial charge in [0.25, 0.3) is 5.91 Å². The van der Waals surface area contributed by atoms with Crippen molar-refractivity contribution in [1.29, 1.82) is 5.26 Å². The number of thiocarbonyl (C=S) groups is 1. The van der Waals surface area contributed by atoms with Crippen molar-refractivity contribution in [3.8, 4) is 11.8 Å².